The Morgan fingerprint density at radius 2 is 2.04 bits per heavy atom. The summed E-state index contributed by atoms with van der Waals surface area (Å²) in [4.78, 5) is 14.7. The Hall–Kier alpha value is -3.15. The number of halogens is 1. The number of piperidine rings is 1. The molecule has 1 aliphatic rings. The summed E-state index contributed by atoms with van der Waals surface area (Å²) < 4.78 is 13.1. The Balaban J connectivity index is 1.42. The monoisotopic (exact) mass is 378 g/mol. The molecule has 2 aromatic carbocycles. The maximum absolute atomic E-state index is 13.1. The highest BCUT2D eigenvalue weighted by Crippen LogP contribution is 2.24. The topological polar surface area (TPSA) is 61.0 Å². The molecule has 1 amide bonds. The lowest BCUT2D eigenvalue weighted by Crippen LogP contribution is -2.48. The van der Waals surface area contributed by atoms with Crippen LogP contribution in [0.4, 0.5) is 10.2 Å². The second-order valence-corrected chi connectivity index (χ2v) is 7.27. The van der Waals surface area contributed by atoms with Crippen LogP contribution in [-0.4, -0.2) is 35.2 Å². The van der Waals surface area contributed by atoms with Crippen LogP contribution in [0.25, 0.3) is 11.3 Å². The van der Waals surface area contributed by atoms with Gasteiger partial charge in [-0.05, 0) is 61.7 Å². The first-order valence-corrected chi connectivity index (χ1v) is 9.52. The van der Waals surface area contributed by atoms with E-state index in [1.54, 1.807) is 12.1 Å². The van der Waals surface area contributed by atoms with E-state index in [1.165, 1.54) is 12.1 Å². The summed E-state index contributed by atoms with van der Waals surface area (Å²) >= 11 is 0. The van der Waals surface area contributed by atoms with Gasteiger partial charge in [-0.3, -0.25) is 9.89 Å². The molecule has 0 aliphatic carbocycles. The zero-order valence-corrected chi connectivity index (χ0v) is 15.8. The fourth-order valence-electron chi connectivity index (χ4n) is 3.61. The van der Waals surface area contributed by atoms with E-state index in [1.807, 2.05) is 37.3 Å². The summed E-state index contributed by atoms with van der Waals surface area (Å²) in [6, 6.07) is 16.0. The largest absolute Gasteiger partial charge is 0.353 e. The van der Waals surface area contributed by atoms with Gasteiger partial charge < -0.3 is 10.2 Å². The van der Waals surface area contributed by atoms with Crippen molar-refractivity contribution in [2.24, 2.45) is 0 Å². The van der Waals surface area contributed by atoms with Crippen LogP contribution in [0.1, 0.15) is 28.8 Å². The van der Waals surface area contributed by atoms with Crippen LogP contribution >= 0.6 is 0 Å². The quantitative estimate of drug-likeness (QED) is 0.723. The Morgan fingerprint density at radius 1 is 1.21 bits per heavy atom. The second kappa shape index (κ2) is 7.84. The van der Waals surface area contributed by atoms with Gasteiger partial charge in [0.2, 0.25) is 0 Å². The molecule has 2 heterocycles. The number of amides is 1. The minimum atomic E-state index is -0.258. The smallest absolute Gasteiger partial charge is 0.251 e. The zero-order chi connectivity index (χ0) is 19.5. The van der Waals surface area contributed by atoms with E-state index in [9.17, 15) is 9.18 Å². The average molecular weight is 378 g/mol. The summed E-state index contributed by atoms with van der Waals surface area (Å²) in [5.74, 6) is 0.546. The van der Waals surface area contributed by atoms with Crippen molar-refractivity contribution in [2.75, 3.05) is 18.0 Å². The van der Waals surface area contributed by atoms with E-state index in [-0.39, 0.29) is 17.8 Å². The second-order valence-electron chi connectivity index (χ2n) is 7.27. The molecule has 28 heavy (non-hydrogen) atoms. The number of carbonyl (C=O) groups is 1. The van der Waals surface area contributed by atoms with E-state index >= 15 is 0 Å². The highest BCUT2D eigenvalue weighted by Gasteiger charge is 2.23. The molecule has 0 spiro atoms. The molecule has 6 heteroatoms. The Kier molecular flexibility index (Phi) is 5.10. The van der Waals surface area contributed by atoms with Crippen LogP contribution in [0.5, 0.6) is 0 Å². The first kappa shape index (κ1) is 18.2. The molecule has 5 nitrogen and oxygen atoms in total. The zero-order valence-electron chi connectivity index (χ0n) is 15.8. The van der Waals surface area contributed by atoms with Crippen LogP contribution in [-0.2, 0) is 0 Å². The molecule has 4 rings (SSSR count). The standard InChI is InChI=1S/C22H23FN4O/c1-15-4-2-5-17(12-15)22(28)24-19-6-3-11-27(14-19)21-13-20(25-26-21)16-7-9-18(23)10-8-16/h2,4-5,7-10,12-13,19H,3,6,11,14H2,1H3,(H,24,28)(H,25,26). The van der Waals surface area contributed by atoms with Gasteiger partial charge in [0.15, 0.2) is 5.82 Å². The molecule has 1 aromatic heterocycles. The number of hydrogen-bond donors (Lipinski definition) is 2. The Bertz CT molecular complexity index is 967. The number of benzene rings is 2. The number of hydrogen-bond acceptors (Lipinski definition) is 3. The molecule has 1 saturated heterocycles. The third-order valence-electron chi connectivity index (χ3n) is 5.08. The van der Waals surface area contributed by atoms with Crippen molar-refractivity contribution in [2.45, 2.75) is 25.8 Å². The van der Waals surface area contributed by atoms with Gasteiger partial charge in [0.05, 0.1) is 5.69 Å². The van der Waals surface area contributed by atoms with Gasteiger partial charge >= 0.3 is 0 Å². The van der Waals surface area contributed by atoms with Crippen molar-refractivity contribution in [1.29, 1.82) is 0 Å². The molecule has 0 bridgehead atoms. The first-order chi connectivity index (χ1) is 13.6. The van der Waals surface area contributed by atoms with Gasteiger partial charge in [-0.15, -0.1) is 0 Å². The normalized spacial score (nSPS) is 16.8. The van der Waals surface area contributed by atoms with Crippen LogP contribution in [0.2, 0.25) is 0 Å². The first-order valence-electron chi connectivity index (χ1n) is 9.52. The summed E-state index contributed by atoms with van der Waals surface area (Å²) in [5, 5.41) is 10.6. The maximum atomic E-state index is 13.1. The SMILES string of the molecule is Cc1cccc(C(=O)NC2CCCN(c3cc(-c4ccc(F)cc4)[nH]n3)C2)c1. The van der Waals surface area contributed by atoms with E-state index < -0.39 is 0 Å². The van der Waals surface area contributed by atoms with E-state index in [0.717, 1.165) is 42.0 Å². The van der Waals surface area contributed by atoms with Crippen molar-refractivity contribution in [1.82, 2.24) is 15.5 Å². The molecule has 1 fully saturated rings. The van der Waals surface area contributed by atoms with E-state index in [0.29, 0.717) is 12.1 Å². The van der Waals surface area contributed by atoms with Crippen LogP contribution in [0.3, 0.4) is 0 Å². The number of carbonyl (C=O) groups excluding carboxylic acids is 1. The lowest BCUT2D eigenvalue weighted by Gasteiger charge is -2.33. The summed E-state index contributed by atoms with van der Waals surface area (Å²) in [6.07, 6.45) is 1.93. The predicted molar refractivity (Wildman–Crippen MR) is 108 cm³/mol. The highest BCUT2D eigenvalue weighted by molar-refractivity contribution is 5.94. The molecule has 0 saturated carbocycles. The fourth-order valence-corrected chi connectivity index (χ4v) is 3.61. The van der Waals surface area contributed by atoms with Gasteiger partial charge in [-0.25, -0.2) is 4.39 Å². The van der Waals surface area contributed by atoms with Crippen LogP contribution < -0.4 is 10.2 Å². The average Bonchev–Trinajstić information content (AvgIpc) is 3.19. The molecular weight excluding hydrogens is 355 g/mol. The molecular formula is C22H23FN4O. The number of anilines is 1. The van der Waals surface area contributed by atoms with Crippen LogP contribution in [0, 0.1) is 12.7 Å². The lowest BCUT2D eigenvalue weighted by atomic mass is 10.0. The van der Waals surface area contributed by atoms with Gasteiger partial charge in [-0.1, -0.05) is 17.7 Å². The number of nitrogens with zero attached hydrogens (tertiary/aromatic N) is 2. The third kappa shape index (κ3) is 4.06. The number of aromatic nitrogens is 2. The van der Waals surface area contributed by atoms with Gasteiger partial charge in [0.25, 0.3) is 5.91 Å². The molecule has 2 N–H and O–H groups in total. The van der Waals surface area contributed by atoms with Gasteiger partial charge in [0.1, 0.15) is 5.82 Å². The Morgan fingerprint density at radius 3 is 2.82 bits per heavy atom. The molecule has 3 aromatic rings. The van der Waals surface area contributed by atoms with Gasteiger partial charge in [0, 0.05) is 30.8 Å². The summed E-state index contributed by atoms with van der Waals surface area (Å²) in [7, 11) is 0. The molecule has 1 unspecified atom stereocenters. The number of nitrogens with one attached hydrogen (secondary N) is 2. The van der Waals surface area contributed by atoms with Crippen LogP contribution in [0.15, 0.2) is 54.6 Å². The predicted octanol–water partition coefficient (Wildman–Crippen LogP) is 3.92. The number of aryl methyl sites for hydroxylation is 1. The van der Waals surface area contributed by atoms with Crippen molar-refractivity contribution < 1.29 is 9.18 Å². The lowest BCUT2D eigenvalue weighted by molar-refractivity contribution is 0.0933. The number of rotatable bonds is 4. The van der Waals surface area contributed by atoms with E-state index in [2.05, 4.69) is 20.4 Å². The van der Waals surface area contributed by atoms with E-state index in [4.69, 9.17) is 0 Å². The summed E-state index contributed by atoms with van der Waals surface area (Å²) in [5.41, 5.74) is 3.50. The minimum absolute atomic E-state index is 0.0374. The minimum Gasteiger partial charge on any atom is -0.353 e. The van der Waals surface area contributed by atoms with Gasteiger partial charge in [-0.2, -0.15) is 5.10 Å². The molecule has 144 valence electrons. The number of aromatic amines is 1. The van der Waals surface area contributed by atoms with Crippen molar-refractivity contribution in [3.05, 3.63) is 71.5 Å². The molecule has 1 aliphatic heterocycles. The van der Waals surface area contributed by atoms with Crippen molar-refractivity contribution >= 4 is 11.7 Å². The number of H-pyrrole nitrogens is 1. The van der Waals surface area contributed by atoms with Crippen molar-refractivity contribution in [3.8, 4) is 11.3 Å². The van der Waals surface area contributed by atoms with Crippen molar-refractivity contribution in [3.63, 3.8) is 0 Å². The summed E-state index contributed by atoms with van der Waals surface area (Å²) in [6.45, 7) is 3.59. The highest BCUT2D eigenvalue weighted by atomic mass is 19.1. The molecule has 1 atom stereocenters. The Labute approximate surface area is 163 Å². The fraction of sp³-hybridized carbons (Fsp3) is 0.273. The third-order valence-corrected chi connectivity index (χ3v) is 5.08. The molecule has 0 radical (unpaired) electrons. The maximum Gasteiger partial charge on any atom is 0.251 e.